The topological polar surface area (TPSA) is 115 Å². The molecular weight excluding hydrogens is 460 g/mol. The van der Waals surface area contributed by atoms with Crippen LogP contribution in [0.2, 0.25) is 0 Å². The van der Waals surface area contributed by atoms with Crippen molar-refractivity contribution < 1.29 is 23.8 Å². The van der Waals surface area contributed by atoms with E-state index in [9.17, 15) is 9.59 Å². The van der Waals surface area contributed by atoms with Crippen LogP contribution in [0.1, 0.15) is 52.0 Å². The third kappa shape index (κ3) is 8.08. The predicted octanol–water partition coefficient (Wildman–Crippen LogP) is 2.21. The molecule has 0 aromatic heterocycles. The zero-order chi connectivity index (χ0) is 26.1. The first-order chi connectivity index (χ1) is 17.2. The van der Waals surface area contributed by atoms with Crippen molar-refractivity contribution in [3.05, 3.63) is 23.8 Å². The number of rotatable bonds is 13. The Labute approximate surface area is 215 Å². The van der Waals surface area contributed by atoms with E-state index >= 15 is 0 Å². The smallest absolute Gasteiger partial charge is 0.224 e. The van der Waals surface area contributed by atoms with Gasteiger partial charge in [-0.25, -0.2) is 0 Å². The number of benzene rings is 1. The van der Waals surface area contributed by atoms with Gasteiger partial charge in [-0.05, 0) is 57.2 Å². The van der Waals surface area contributed by atoms with E-state index < -0.39 is 11.3 Å². The van der Waals surface area contributed by atoms with Gasteiger partial charge in [0.15, 0.2) is 0 Å². The standard InChI is InChI=1S/C27H44N4O5/c1-19(25(32)30-18-27(2,3)26(28)33)14-21-7-8-22(16-29-21)36-17-20-6-9-24-23(15-20)31(11-13-35-24)10-5-12-34-4/h6,9,15,19,21-22,29H,5,7-8,10-14,16-18H2,1-4H3,(H2,28,33)(H,30,32)/t19-,21+,22-/m1/s1. The highest BCUT2D eigenvalue weighted by atomic mass is 16.5. The normalized spacial score (nSPS) is 20.8. The minimum atomic E-state index is -0.754. The van der Waals surface area contributed by atoms with Crippen LogP contribution in [-0.4, -0.2) is 70.5 Å². The summed E-state index contributed by atoms with van der Waals surface area (Å²) in [5.74, 6) is 0.324. The zero-order valence-corrected chi connectivity index (χ0v) is 22.3. The van der Waals surface area contributed by atoms with Gasteiger partial charge in [0.05, 0.1) is 30.4 Å². The van der Waals surface area contributed by atoms with E-state index in [0.717, 1.165) is 68.9 Å². The van der Waals surface area contributed by atoms with Gasteiger partial charge < -0.3 is 35.5 Å². The molecule has 0 radical (unpaired) electrons. The minimum absolute atomic E-state index is 0.0443. The number of amides is 2. The van der Waals surface area contributed by atoms with Gasteiger partial charge >= 0.3 is 0 Å². The molecule has 1 saturated heterocycles. The minimum Gasteiger partial charge on any atom is -0.490 e. The number of carbonyl (C=O) groups is 2. The van der Waals surface area contributed by atoms with Crippen LogP contribution in [-0.2, 0) is 25.7 Å². The zero-order valence-electron chi connectivity index (χ0n) is 22.3. The molecule has 0 bridgehead atoms. The number of ether oxygens (including phenoxy) is 3. The fourth-order valence-corrected chi connectivity index (χ4v) is 4.59. The molecule has 0 spiro atoms. The maximum absolute atomic E-state index is 12.5. The van der Waals surface area contributed by atoms with Crippen molar-refractivity contribution in [2.45, 2.75) is 65.2 Å². The Hall–Kier alpha value is -2.36. The molecule has 9 heteroatoms. The first-order valence-electron chi connectivity index (χ1n) is 13.1. The molecule has 4 N–H and O–H groups in total. The van der Waals surface area contributed by atoms with Crippen LogP contribution in [0.4, 0.5) is 5.69 Å². The Morgan fingerprint density at radius 2 is 2.14 bits per heavy atom. The number of nitrogens with zero attached hydrogens (tertiary/aromatic N) is 1. The molecule has 9 nitrogen and oxygen atoms in total. The number of nitrogens with two attached hydrogens (primary N) is 1. The molecular formula is C27H44N4O5. The lowest BCUT2D eigenvalue weighted by Gasteiger charge is -2.32. The molecule has 2 aliphatic rings. The Morgan fingerprint density at radius 1 is 1.33 bits per heavy atom. The lowest BCUT2D eigenvalue weighted by atomic mass is 9.91. The quantitative estimate of drug-likeness (QED) is 0.353. The molecule has 0 saturated carbocycles. The monoisotopic (exact) mass is 504 g/mol. The van der Waals surface area contributed by atoms with Crippen molar-refractivity contribution in [2.75, 3.05) is 51.4 Å². The van der Waals surface area contributed by atoms with Crippen LogP contribution in [0.5, 0.6) is 5.75 Å². The summed E-state index contributed by atoms with van der Waals surface area (Å²) in [7, 11) is 1.73. The Bertz CT molecular complexity index is 870. The number of anilines is 1. The summed E-state index contributed by atoms with van der Waals surface area (Å²) in [6, 6.07) is 6.58. The molecule has 3 atom stereocenters. The van der Waals surface area contributed by atoms with E-state index in [1.807, 2.05) is 13.0 Å². The molecule has 202 valence electrons. The number of methoxy groups -OCH3 is 1. The number of carbonyl (C=O) groups excluding carboxylic acids is 2. The summed E-state index contributed by atoms with van der Waals surface area (Å²) >= 11 is 0. The molecule has 1 aromatic carbocycles. The average molecular weight is 505 g/mol. The summed E-state index contributed by atoms with van der Waals surface area (Å²) in [6.45, 7) is 10.3. The maximum Gasteiger partial charge on any atom is 0.224 e. The van der Waals surface area contributed by atoms with Crippen LogP contribution in [0.15, 0.2) is 18.2 Å². The van der Waals surface area contributed by atoms with Crippen molar-refractivity contribution in [3.8, 4) is 5.75 Å². The third-order valence-electron chi connectivity index (χ3n) is 7.17. The Balaban J connectivity index is 1.41. The van der Waals surface area contributed by atoms with Crippen LogP contribution in [0.25, 0.3) is 0 Å². The summed E-state index contributed by atoms with van der Waals surface area (Å²) in [6.07, 6.45) is 3.79. The highest BCUT2D eigenvalue weighted by Crippen LogP contribution is 2.33. The average Bonchev–Trinajstić information content (AvgIpc) is 2.87. The molecule has 1 aromatic rings. The van der Waals surface area contributed by atoms with E-state index in [4.69, 9.17) is 19.9 Å². The summed E-state index contributed by atoms with van der Waals surface area (Å²) in [5.41, 5.74) is 6.91. The summed E-state index contributed by atoms with van der Waals surface area (Å²) < 4.78 is 17.3. The lowest BCUT2D eigenvalue weighted by molar-refractivity contribution is -0.128. The van der Waals surface area contributed by atoms with Crippen molar-refractivity contribution >= 4 is 17.5 Å². The third-order valence-corrected chi connectivity index (χ3v) is 7.17. The second kappa shape index (κ2) is 13.3. The number of nitrogens with one attached hydrogen (secondary N) is 2. The Kier molecular flexibility index (Phi) is 10.4. The SMILES string of the molecule is COCCCN1CCOc2ccc(CO[C@@H]3CC[C@@H](C[C@@H](C)C(=O)NCC(C)(C)C(N)=O)NC3)cc21. The van der Waals surface area contributed by atoms with Gasteiger partial charge in [0, 0.05) is 45.3 Å². The largest absolute Gasteiger partial charge is 0.490 e. The van der Waals surface area contributed by atoms with Crippen LogP contribution in [0, 0.1) is 11.3 Å². The fraction of sp³-hybridized carbons (Fsp3) is 0.704. The first-order valence-corrected chi connectivity index (χ1v) is 13.1. The van der Waals surface area contributed by atoms with Gasteiger partial charge in [-0.2, -0.15) is 0 Å². The molecule has 1 fully saturated rings. The van der Waals surface area contributed by atoms with Gasteiger partial charge in [0.1, 0.15) is 12.4 Å². The second-order valence-corrected chi connectivity index (χ2v) is 10.7. The van der Waals surface area contributed by atoms with E-state index in [0.29, 0.717) is 13.2 Å². The van der Waals surface area contributed by atoms with E-state index in [1.54, 1.807) is 21.0 Å². The van der Waals surface area contributed by atoms with E-state index in [2.05, 4.69) is 27.7 Å². The van der Waals surface area contributed by atoms with Crippen molar-refractivity contribution in [1.82, 2.24) is 10.6 Å². The molecule has 36 heavy (non-hydrogen) atoms. The maximum atomic E-state index is 12.5. The number of hydrogen-bond acceptors (Lipinski definition) is 7. The van der Waals surface area contributed by atoms with Gasteiger partial charge in [0.2, 0.25) is 11.8 Å². The number of piperidine rings is 1. The first kappa shape index (κ1) is 28.2. The van der Waals surface area contributed by atoms with E-state index in [1.165, 1.54) is 0 Å². The van der Waals surface area contributed by atoms with Gasteiger partial charge in [-0.3, -0.25) is 9.59 Å². The predicted molar refractivity (Wildman–Crippen MR) is 140 cm³/mol. The van der Waals surface area contributed by atoms with E-state index in [-0.39, 0.29) is 30.5 Å². The number of fused-ring (bicyclic) bond motifs is 1. The highest BCUT2D eigenvalue weighted by Gasteiger charge is 2.28. The molecule has 0 unspecified atom stereocenters. The molecule has 2 amide bonds. The van der Waals surface area contributed by atoms with Gasteiger partial charge in [-0.1, -0.05) is 13.0 Å². The van der Waals surface area contributed by atoms with Crippen molar-refractivity contribution in [2.24, 2.45) is 17.1 Å². The molecule has 2 aliphatic heterocycles. The van der Waals surface area contributed by atoms with Gasteiger partial charge in [-0.15, -0.1) is 0 Å². The van der Waals surface area contributed by atoms with Crippen molar-refractivity contribution in [3.63, 3.8) is 0 Å². The summed E-state index contributed by atoms with van der Waals surface area (Å²) in [5, 5.41) is 6.42. The lowest BCUT2D eigenvalue weighted by Crippen LogP contribution is -2.46. The van der Waals surface area contributed by atoms with Crippen LogP contribution >= 0.6 is 0 Å². The highest BCUT2D eigenvalue weighted by molar-refractivity contribution is 5.82. The molecule has 0 aliphatic carbocycles. The molecule has 2 heterocycles. The van der Waals surface area contributed by atoms with Gasteiger partial charge in [0.25, 0.3) is 0 Å². The number of primary amides is 1. The van der Waals surface area contributed by atoms with Crippen LogP contribution < -0.4 is 26.0 Å². The number of hydrogen-bond donors (Lipinski definition) is 3. The van der Waals surface area contributed by atoms with Crippen molar-refractivity contribution in [1.29, 1.82) is 0 Å². The second-order valence-electron chi connectivity index (χ2n) is 10.7. The van der Waals surface area contributed by atoms with Crippen LogP contribution in [0.3, 0.4) is 0 Å². The Morgan fingerprint density at radius 3 is 2.83 bits per heavy atom. The summed E-state index contributed by atoms with van der Waals surface area (Å²) in [4.78, 5) is 26.3. The molecule has 3 rings (SSSR count). The fourth-order valence-electron chi connectivity index (χ4n) is 4.59.